The Bertz CT molecular complexity index is 673. The lowest BCUT2D eigenvalue weighted by molar-refractivity contribution is -0.0956. The van der Waals surface area contributed by atoms with Crippen molar-refractivity contribution in [3.8, 4) is 0 Å². The molecule has 0 unspecified atom stereocenters. The van der Waals surface area contributed by atoms with Gasteiger partial charge in [0.25, 0.3) is 5.91 Å². The smallest absolute Gasteiger partial charge is 0.253 e. The molecule has 1 aromatic carbocycles. The fourth-order valence-corrected chi connectivity index (χ4v) is 3.73. The summed E-state index contributed by atoms with van der Waals surface area (Å²) in [5.74, 6) is 0.200. The third-order valence-corrected chi connectivity index (χ3v) is 5.48. The molecule has 2 fully saturated rings. The lowest BCUT2D eigenvalue weighted by Crippen LogP contribution is -2.41. The Morgan fingerprint density at radius 2 is 1.83 bits per heavy atom. The van der Waals surface area contributed by atoms with Crippen LogP contribution in [0.5, 0.6) is 0 Å². The summed E-state index contributed by atoms with van der Waals surface area (Å²) in [6.07, 6.45) is 2.68. The molecule has 2 aliphatic rings. The molecule has 0 aromatic heterocycles. The van der Waals surface area contributed by atoms with E-state index in [-0.39, 0.29) is 17.1 Å². The van der Waals surface area contributed by atoms with Crippen molar-refractivity contribution in [2.75, 3.05) is 32.6 Å². The standard InChI is InChI=1S/C16H21NO5S/c1-23(19,20)14-4-2-3-13(11-14)15(18)17-7-5-12(6-8-17)16-21-9-10-22-16/h2-4,11-12,16H,5-10H2,1H3. The molecule has 0 radical (unpaired) electrons. The number of likely N-dealkylation sites (tertiary alicyclic amines) is 1. The quantitative estimate of drug-likeness (QED) is 0.830. The van der Waals surface area contributed by atoms with Gasteiger partial charge in [0.15, 0.2) is 16.1 Å². The first kappa shape index (κ1) is 16.4. The van der Waals surface area contributed by atoms with E-state index in [4.69, 9.17) is 9.47 Å². The molecule has 23 heavy (non-hydrogen) atoms. The van der Waals surface area contributed by atoms with Crippen LogP contribution in [0.3, 0.4) is 0 Å². The summed E-state index contributed by atoms with van der Waals surface area (Å²) in [5.41, 5.74) is 0.416. The zero-order chi connectivity index (χ0) is 16.4. The van der Waals surface area contributed by atoms with Crippen LogP contribution in [0.1, 0.15) is 23.2 Å². The molecular weight excluding hydrogens is 318 g/mol. The average molecular weight is 339 g/mol. The molecule has 1 amide bonds. The van der Waals surface area contributed by atoms with E-state index in [0.29, 0.717) is 37.8 Å². The fraction of sp³-hybridized carbons (Fsp3) is 0.562. The summed E-state index contributed by atoms with van der Waals surface area (Å²) in [6, 6.07) is 6.23. The van der Waals surface area contributed by atoms with Gasteiger partial charge in [-0.2, -0.15) is 0 Å². The molecule has 2 aliphatic heterocycles. The van der Waals surface area contributed by atoms with Gasteiger partial charge in [-0.25, -0.2) is 8.42 Å². The van der Waals surface area contributed by atoms with Gasteiger partial charge in [-0.15, -0.1) is 0 Å². The largest absolute Gasteiger partial charge is 0.350 e. The Labute approximate surface area is 136 Å². The number of rotatable bonds is 3. The number of benzene rings is 1. The van der Waals surface area contributed by atoms with Gasteiger partial charge in [0.1, 0.15) is 0 Å². The van der Waals surface area contributed by atoms with Gasteiger partial charge < -0.3 is 14.4 Å². The monoisotopic (exact) mass is 339 g/mol. The van der Waals surface area contributed by atoms with Crippen LogP contribution in [0.25, 0.3) is 0 Å². The number of carbonyl (C=O) groups excluding carboxylic acids is 1. The Morgan fingerprint density at radius 3 is 2.43 bits per heavy atom. The Morgan fingerprint density at radius 1 is 1.17 bits per heavy atom. The number of hydrogen-bond acceptors (Lipinski definition) is 5. The molecule has 1 aromatic rings. The van der Waals surface area contributed by atoms with E-state index >= 15 is 0 Å². The van der Waals surface area contributed by atoms with Crippen LogP contribution < -0.4 is 0 Å². The molecule has 0 saturated carbocycles. The lowest BCUT2D eigenvalue weighted by atomic mass is 9.95. The number of nitrogens with zero attached hydrogens (tertiary/aromatic N) is 1. The predicted molar refractivity (Wildman–Crippen MR) is 83.9 cm³/mol. The third kappa shape index (κ3) is 3.73. The molecule has 2 saturated heterocycles. The maximum absolute atomic E-state index is 12.6. The van der Waals surface area contributed by atoms with Crippen molar-refractivity contribution in [2.45, 2.75) is 24.0 Å². The van der Waals surface area contributed by atoms with Crippen molar-refractivity contribution in [3.05, 3.63) is 29.8 Å². The van der Waals surface area contributed by atoms with Crippen LogP contribution in [0.15, 0.2) is 29.2 Å². The molecule has 0 atom stereocenters. The van der Waals surface area contributed by atoms with Crippen molar-refractivity contribution in [1.82, 2.24) is 4.90 Å². The summed E-state index contributed by atoms with van der Waals surface area (Å²) >= 11 is 0. The fourth-order valence-electron chi connectivity index (χ4n) is 3.07. The minimum absolute atomic E-state index is 0.123. The molecule has 0 N–H and O–H groups in total. The van der Waals surface area contributed by atoms with Crippen LogP contribution >= 0.6 is 0 Å². The summed E-state index contributed by atoms with van der Waals surface area (Å²) in [5, 5.41) is 0. The number of amides is 1. The molecule has 126 valence electrons. The summed E-state index contributed by atoms with van der Waals surface area (Å²) in [4.78, 5) is 14.5. The lowest BCUT2D eigenvalue weighted by Gasteiger charge is -2.33. The normalized spacial score (nSPS) is 20.8. The zero-order valence-corrected chi connectivity index (χ0v) is 13.9. The van der Waals surface area contributed by atoms with Crippen molar-refractivity contribution < 1.29 is 22.7 Å². The Balaban J connectivity index is 1.65. The van der Waals surface area contributed by atoms with E-state index in [1.165, 1.54) is 12.1 Å². The third-order valence-electron chi connectivity index (χ3n) is 4.37. The van der Waals surface area contributed by atoms with Crippen molar-refractivity contribution >= 4 is 15.7 Å². The number of piperidine rings is 1. The van der Waals surface area contributed by atoms with Gasteiger partial charge in [-0.1, -0.05) is 6.07 Å². The minimum Gasteiger partial charge on any atom is -0.350 e. The maximum Gasteiger partial charge on any atom is 0.253 e. The van der Waals surface area contributed by atoms with Crippen molar-refractivity contribution in [2.24, 2.45) is 5.92 Å². The molecule has 3 rings (SSSR count). The number of sulfone groups is 1. The van der Waals surface area contributed by atoms with Crippen molar-refractivity contribution in [3.63, 3.8) is 0 Å². The highest BCUT2D eigenvalue weighted by Gasteiger charge is 2.32. The van der Waals surface area contributed by atoms with E-state index < -0.39 is 9.84 Å². The molecule has 7 heteroatoms. The molecule has 0 bridgehead atoms. The summed E-state index contributed by atoms with van der Waals surface area (Å²) in [6.45, 7) is 2.55. The molecular formula is C16H21NO5S. The van der Waals surface area contributed by atoms with Crippen molar-refractivity contribution in [1.29, 1.82) is 0 Å². The molecule has 6 nitrogen and oxygen atoms in total. The van der Waals surface area contributed by atoms with Gasteiger partial charge in [0.2, 0.25) is 0 Å². The Hall–Kier alpha value is -1.44. The second-order valence-electron chi connectivity index (χ2n) is 6.04. The topological polar surface area (TPSA) is 72.9 Å². The van der Waals surface area contributed by atoms with E-state index in [9.17, 15) is 13.2 Å². The van der Waals surface area contributed by atoms with Crippen LogP contribution in [-0.2, 0) is 19.3 Å². The number of carbonyl (C=O) groups is 1. The first-order valence-corrected chi connectivity index (χ1v) is 9.67. The first-order chi connectivity index (χ1) is 10.9. The molecule has 2 heterocycles. The average Bonchev–Trinajstić information content (AvgIpc) is 3.08. The Kier molecular flexibility index (Phi) is 4.70. The second-order valence-corrected chi connectivity index (χ2v) is 8.06. The number of hydrogen-bond donors (Lipinski definition) is 0. The van der Waals surface area contributed by atoms with Gasteiger partial charge in [0, 0.05) is 30.8 Å². The van der Waals surface area contributed by atoms with E-state index in [2.05, 4.69) is 0 Å². The van der Waals surface area contributed by atoms with Gasteiger partial charge >= 0.3 is 0 Å². The molecule has 0 aliphatic carbocycles. The van der Waals surface area contributed by atoms with E-state index in [0.717, 1.165) is 19.1 Å². The first-order valence-electron chi connectivity index (χ1n) is 7.78. The van der Waals surface area contributed by atoms with E-state index in [1.807, 2.05) is 0 Å². The number of ether oxygens (including phenoxy) is 2. The van der Waals surface area contributed by atoms with Crippen LogP contribution in [0.4, 0.5) is 0 Å². The van der Waals surface area contributed by atoms with Gasteiger partial charge in [-0.3, -0.25) is 4.79 Å². The zero-order valence-electron chi connectivity index (χ0n) is 13.1. The van der Waals surface area contributed by atoms with Crippen LogP contribution in [-0.4, -0.2) is 58.1 Å². The highest BCUT2D eigenvalue weighted by atomic mass is 32.2. The maximum atomic E-state index is 12.6. The summed E-state index contributed by atoms with van der Waals surface area (Å²) < 4.78 is 34.3. The summed E-state index contributed by atoms with van der Waals surface area (Å²) in [7, 11) is -3.31. The second kappa shape index (κ2) is 6.59. The SMILES string of the molecule is CS(=O)(=O)c1cccc(C(=O)N2CCC(C3OCCO3)CC2)c1. The van der Waals surface area contributed by atoms with Crippen LogP contribution in [0.2, 0.25) is 0 Å². The predicted octanol–water partition coefficient (Wildman–Crippen LogP) is 1.32. The molecule has 0 spiro atoms. The van der Waals surface area contributed by atoms with Gasteiger partial charge in [-0.05, 0) is 31.0 Å². The highest BCUT2D eigenvalue weighted by molar-refractivity contribution is 7.90. The minimum atomic E-state index is -3.31. The van der Waals surface area contributed by atoms with Gasteiger partial charge in [0.05, 0.1) is 18.1 Å². The van der Waals surface area contributed by atoms with E-state index in [1.54, 1.807) is 17.0 Å². The van der Waals surface area contributed by atoms with Crippen LogP contribution in [0, 0.1) is 5.92 Å². The highest BCUT2D eigenvalue weighted by Crippen LogP contribution is 2.26.